The summed E-state index contributed by atoms with van der Waals surface area (Å²) in [6.07, 6.45) is 2.80. The third-order valence-electron chi connectivity index (χ3n) is 3.54. The van der Waals surface area contributed by atoms with Gasteiger partial charge < -0.3 is 5.11 Å². The number of hydrogen-bond donors (Lipinski definition) is 1. The first-order chi connectivity index (χ1) is 9.06. The fourth-order valence-corrected chi connectivity index (χ4v) is 2.58. The highest BCUT2D eigenvalue weighted by Gasteiger charge is 2.25. The summed E-state index contributed by atoms with van der Waals surface area (Å²) in [5.41, 5.74) is 0.289. The molecule has 0 radical (unpaired) electrons. The molecule has 1 saturated heterocycles. The molecule has 0 amide bonds. The minimum Gasteiger partial charge on any atom is -0.481 e. The second-order valence-corrected chi connectivity index (χ2v) is 4.95. The normalized spacial score (nSPS) is 20.4. The lowest BCUT2D eigenvalue weighted by Crippen LogP contribution is -2.40. The van der Waals surface area contributed by atoms with Crippen LogP contribution < -0.4 is 0 Å². The standard InChI is InChI=1S/C14H17F2NO2/c15-11-4-5-13(16)10(7-11)9-17-6-2-1-3-12(17)8-14(18)19/h4-5,7,12H,1-3,6,8-9H2,(H,18,19). The molecule has 0 bridgehead atoms. The monoisotopic (exact) mass is 269 g/mol. The van der Waals surface area contributed by atoms with Gasteiger partial charge in [-0.25, -0.2) is 8.78 Å². The van der Waals surface area contributed by atoms with Gasteiger partial charge in [0.1, 0.15) is 11.6 Å². The zero-order valence-corrected chi connectivity index (χ0v) is 10.6. The van der Waals surface area contributed by atoms with Crippen LogP contribution in [0.4, 0.5) is 8.78 Å². The fourth-order valence-electron chi connectivity index (χ4n) is 2.58. The molecule has 3 nitrogen and oxygen atoms in total. The van der Waals surface area contributed by atoms with E-state index in [-0.39, 0.29) is 24.6 Å². The molecular weight excluding hydrogens is 252 g/mol. The van der Waals surface area contributed by atoms with Crippen LogP contribution in [0.25, 0.3) is 0 Å². The number of carboxylic acids is 1. The SMILES string of the molecule is O=C(O)CC1CCCCN1Cc1cc(F)ccc1F. The van der Waals surface area contributed by atoms with Crippen molar-refractivity contribution in [1.29, 1.82) is 0 Å². The molecule has 2 rings (SSSR count). The van der Waals surface area contributed by atoms with Gasteiger partial charge in [-0.2, -0.15) is 0 Å². The fraction of sp³-hybridized carbons (Fsp3) is 0.500. The van der Waals surface area contributed by atoms with E-state index in [0.717, 1.165) is 37.9 Å². The van der Waals surface area contributed by atoms with E-state index in [9.17, 15) is 13.6 Å². The maximum absolute atomic E-state index is 13.6. The van der Waals surface area contributed by atoms with E-state index >= 15 is 0 Å². The molecule has 1 aromatic carbocycles. The predicted molar refractivity (Wildman–Crippen MR) is 66.7 cm³/mol. The van der Waals surface area contributed by atoms with Crippen molar-refractivity contribution in [1.82, 2.24) is 4.90 Å². The molecule has 1 N–H and O–H groups in total. The van der Waals surface area contributed by atoms with Gasteiger partial charge in [-0.3, -0.25) is 9.69 Å². The molecule has 5 heteroatoms. The maximum Gasteiger partial charge on any atom is 0.304 e. The Morgan fingerprint density at radius 1 is 1.37 bits per heavy atom. The Bertz CT molecular complexity index is 465. The van der Waals surface area contributed by atoms with Crippen LogP contribution in [0.15, 0.2) is 18.2 Å². The van der Waals surface area contributed by atoms with Gasteiger partial charge in [0.2, 0.25) is 0 Å². The molecule has 1 aliphatic heterocycles. The predicted octanol–water partition coefficient (Wildman–Crippen LogP) is 2.79. The van der Waals surface area contributed by atoms with Crippen molar-refractivity contribution >= 4 is 5.97 Å². The van der Waals surface area contributed by atoms with Crippen LogP contribution >= 0.6 is 0 Å². The smallest absolute Gasteiger partial charge is 0.304 e. The highest BCUT2D eigenvalue weighted by molar-refractivity contribution is 5.67. The number of likely N-dealkylation sites (tertiary alicyclic amines) is 1. The van der Waals surface area contributed by atoms with Gasteiger partial charge in [0, 0.05) is 18.2 Å². The Hall–Kier alpha value is -1.49. The third-order valence-corrected chi connectivity index (χ3v) is 3.54. The number of benzene rings is 1. The van der Waals surface area contributed by atoms with Crippen LogP contribution in [0.5, 0.6) is 0 Å². The highest BCUT2D eigenvalue weighted by Crippen LogP contribution is 2.23. The van der Waals surface area contributed by atoms with Crippen LogP contribution in [0.1, 0.15) is 31.2 Å². The van der Waals surface area contributed by atoms with Crippen LogP contribution in [-0.4, -0.2) is 28.6 Å². The first-order valence-corrected chi connectivity index (χ1v) is 6.46. The number of carboxylic acid groups (broad SMARTS) is 1. The van der Waals surface area contributed by atoms with E-state index in [1.165, 1.54) is 6.07 Å². The molecule has 1 atom stereocenters. The number of halogens is 2. The molecule has 19 heavy (non-hydrogen) atoms. The summed E-state index contributed by atoms with van der Waals surface area (Å²) in [6, 6.07) is 3.29. The summed E-state index contributed by atoms with van der Waals surface area (Å²) in [5.74, 6) is -1.76. The number of aliphatic carboxylic acids is 1. The van der Waals surface area contributed by atoms with Crippen molar-refractivity contribution in [2.45, 2.75) is 38.3 Å². The molecule has 1 aliphatic rings. The van der Waals surface area contributed by atoms with Crippen molar-refractivity contribution < 1.29 is 18.7 Å². The van der Waals surface area contributed by atoms with Gasteiger partial charge in [-0.1, -0.05) is 6.42 Å². The van der Waals surface area contributed by atoms with Crippen molar-refractivity contribution in [3.8, 4) is 0 Å². The second kappa shape index (κ2) is 6.10. The lowest BCUT2D eigenvalue weighted by Gasteiger charge is -2.35. The molecule has 104 valence electrons. The molecule has 0 aromatic heterocycles. The van der Waals surface area contributed by atoms with Gasteiger partial charge in [-0.05, 0) is 37.6 Å². The molecule has 0 spiro atoms. The van der Waals surface area contributed by atoms with E-state index in [2.05, 4.69) is 0 Å². The summed E-state index contributed by atoms with van der Waals surface area (Å²) in [6.45, 7) is 0.995. The molecule has 0 aliphatic carbocycles. The number of piperidine rings is 1. The molecule has 1 aromatic rings. The first-order valence-electron chi connectivity index (χ1n) is 6.46. The second-order valence-electron chi connectivity index (χ2n) is 4.95. The average Bonchev–Trinajstić information content (AvgIpc) is 2.35. The first kappa shape index (κ1) is 13.9. The van der Waals surface area contributed by atoms with Gasteiger partial charge in [0.25, 0.3) is 0 Å². The van der Waals surface area contributed by atoms with Gasteiger partial charge >= 0.3 is 5.97 Å². The number of hydrogen-bond acceptors (Lipinski definition) is 2. The number of carbonyl (C=O) groups is 1. The molecule has 1 heterocycles. The molecule has 0 saturated carbocycles. The Morgan fingerprint density at radius 3 is 2.89 bits per heavy atom. The Labute approximate surface area is 110 Å². The minimum atomic E-state index is -0.850. The number of nitrogens with zero attached hydrogens (tertiary/aromatic N) is 1. The summed E-state index contributed by atoms with van der Waals surface area (Å²) >= 11 is 0. The summed E-state index contributed by atoms with van der Waals surface area (Å²) in [5, 5.41) is 8.89. The third kappa shape index (κ3) is 3.73. The van der Waals surface area contributed by atoms with Crippen LogP contribution in [0.2, 0.25) is 0 Å². The van der Waals surface area contributed by atoms with E-state index in [1.807, 2.05) is 4.90 Å². The zero-order valence-electron chi connectivity index (χ0n) is 10.6. The summed E-state index contributed by atoms with van der Waals surface area (Å²) < 4.78 is 26.7. The van der Waals surface area contributed by atoms with Crippen molar-refractivity contribution in [3.63, 3.8) is 0 Å². The van der Waals surface area contributed by atoms with Crippen molar-refractivity contribution in [2.75, 3.05) is 6.54 Å². The summed E-state index contributed by atoms with van der Waals surface area (Å²) in [7, 11) is 0. The molecule has 1 fully saturated rings. The Balaban J connectivity index is 2.10. The van der Waals surface area contributed by atoms with Crippen LogP contribution in [0, 0.1) is 11.6 Å². The Kier molecular flexibility index (Phi) is 4.47. The van der Waals surface area contributed by atoms with E-state index in [4.69, 9.17) is 5.11 Å². The quantitative estimate of drug-likeness (QED) is 0.913. The van der Waals surface area contributed by atoms with Crippen molar-refractivity contribution in [2.24, 2.45) is 0 Å². The molecule has 1 unspecified atom stereocenters. The van der Waals surface area contributed by atoms with Crippen molar-refractivity contribution in [3.05, 3.63) is 35.4 Å². The topological polar surface area (TPSA) is 40.5 Å². The minimum absolute atomic E-state index is 0.0525. The van der Waals surface area contributed by atoms with E-state index in [1.54, 1.807) is 0 Å². The van der Waals surface area contributed by atoms with E-state index in [0.29, 0.717) is 0 Å². The lowest BCUT2D eigenvalue weighted by atomic mass is 9.98. The average molecular weight is 269 g/mol. The van der Waals surface area contributed by atoms with Gasteiger partial charge in [-0.15, -0.1) is 0 Å². The van der Waals surface area contributed by atoms with Crippen LogP contribution in [0.3, 0.4) is 0 Å². The lowest BCUT2D eigenvalue weighted by molar-refractivity contribution is -0.138. The highest BCUT2D eigenvalue weighted by atomic mass is 19.1. The molecular formula is C14H17F2NO2. The largest absolute Gasteiger partial charge is 0.481 e. The van der Waals surface area contributed by atoms with Gasteiger partial charge in [0.05, 0.1) is 6.42 Å². The maximum atomic E-state index is 13.6. The van der Waals surface area contributed by atoms with Crippen LogP contribution in [-0.2, 0) is 11.3 Å². The van der Waals surface area contributed by atoms with E-state index < -0.39 is 17.6 Å². The zero-order chi connectivity index (χ0) is 13.8. The number of rotatable bonds is 4. The summed E-state index contributed by atoms with van der Waals surface area (Å²) in [4.78, 5) is 12.8. The Morgan fingerprint density at radius 2 is 2.16 bits per heavy atom. The van der Waals surface area contributed by atoms with Gasteiger partial charge in [0.15, 0.2) is 0 Å².